The van der Waals surface area contributed by atoms with Crippen LogP contribution in [0.3, 0.4) is 0 Å². The minimum Gasteiger partial charge on any atom is -0.342 e. The van der Waals surface area contributed by atoms with E-state index in [0.717, 1.165) is 45.7 Å². The van der Waals surface area contributed by atoms with Crippen molar-refractivity contribution in [3.8, 4) is 0 Å². The Kier molecular flexibility index (Phi) is 5.57. The van der Waals surface area contributed by atoms with Gasteiger partial charge in [0.1, 0.15) is 0 Å². The van der Waals surface area contributed by atoms with Crippen molar-refractivity contribution in [2.75, 3.05) is 39.3 Å². The van der Waals surface area contributed by atoms with E-state index >= 15 is 0 Å². The number of hydrogen-bond donors (Lipinski definition) is 0. The number of rotatable bonds is 3. The standard InChI is InChI=1S/C20H31N3O/c1-16-6-4-7-19(12-16)14-21-13-17(2)20(15-21)23-9-5-8-22(10-11-23)18(3)24/h4,6-7,12,17,20H,5,8-11,13-15H2,1-3H3/t17-,20-/m1/s1. The van der Waals surface area contributed by atoms with Crippen LogP contribution in [0.1, 0.15) is 31.4 Å². The minimum absolute atomic E-state index is 0.220. The van der Waals surface area contributed by atoms with Gasteiger partial charge < -0.3 is 4.90 Å². The zero-order valence-corrected chi connectivity index (χ0v) is 15.4. The van der Waals surface area contributed by atoms with Gasteiger partial charge in [0, 0.05) is 58.8 Å². The van der Waals surface area contributed by atoms with Gasteiger partial charge in [-0.2, -0.15) is 0 Å². The van der Waals surface area contributed by atoms with Crippen LogP contribution in [0.4, 0.5) is 0 Å². The lowest BCUT2D eigenvalue weighted by Crippen LogP contribution is -2.42. The lowest BCUT2D eigenvalue weighted by molar-refractivity contribution is -0.128. The van der Waals surface area contributed by atoms with Crippen molar-refractivity contribution >= 4 is 5.91 Å². The molecule has 0 spiro atoms. The first-order chi connectivity index (χ1) is 11.5. The molecule has 0 aromatic heterocycles. The highest BCUT2D eigenvalue weighted by atomic mass is 16.2. The van der Waals surface area contributed by atoms with E-state index < -0.39 is 0 Å². The van der Waals surface area contributed by atoms with Gasteiger partial charge in [-0.3, -0.25) is 14.6 Å². The molecule has 1 aromatic rings. The molecule has 24 heavy (non-hydrogen) atoms. The van der Waals surface area contributed by atoms with Crippen molar-refractivity contribution in [3.05, 3.63) is 35.4 Å². The first-order valence-corrected chi connectivity index (χ1v) is 9.30. The zero-order valence-electron chi connectivity index (χ0n) is 15.4. The van der Waals surface area contributed by atoms with E-state index in [1.165, 1.54) is 17.7 Å². The summed E-state index contributed by atoms with van der Waals surface area (Å²) in [6, 6.07) is 9.49. The molecule has 4 nitrogen and oxygen atoms in total. The van der Waals surface area contributed by atoms with Crippen LogP contribution in [0.15, 0.2) is 24.3 Å². The molecule has 2 saturated heterocycles. The fourth-order valence-corrected chi connectivity index (χ4v) is 4.31. The number of hydrogen-bond acceptors (Lipinski definition) is 3. The van der Waals surface area contributed by atoms with Gasteiger partial charge in [0.2, 0.25) is 5.91 Å². The third kappa shape index (κ3) is 4.17. The van der Waals surface area contributed by atoms with Crippen LogP contribution in [0, 0.1) is 12.8 Å². The number of benzene rings is 1. The third-order valence-electron chi connectivity index (χ3n) is 5.58. The van der Waals surface area contributed by atoms with Crippen LogP contribution >= 0.6 is 0 Å². The number of aryl methyl sites for hydroxylation is 1. The molecular weight excluding hydrogens is 298 g/mol. The summed E-state index contributed by atoms with van der Waals surface area (Å²) in [6.07, 6.45) is 1.10. The van der Waals surface area contributed by atoms with Crippen LogP contribution in [0.5, 0.6) is 0 Å². The lowest BCUT2D eigenvalue weighted by Gasteiger charge is -2.30. The van der Waals surface area contributed by atoms with Crippen LogP contribution in [0.25, 0.3) is 0 Å². The predicted molar refractivity (Wildman–Crippen MR) is 97.9 cm³/mol. The highest BCUT2D eigenvalue weighted by molar-refractivity contribution is 5.73. The number of amides is 1. The fourth-order valence-electron chi connectivity index (χ4n) is 4.31. The van der Waals surface area contributed by atoms with Crippen molar-refractivity contribution < 1.29 is 4.79 Å². The van der Waals surface area contributed by atoms with Gasteiger partial charge in [-0.1, -0.05) is 36.8 Å². The third-order valence-corrected chi connectivity index (χ3v) is 5.58. The summed E-state index contributed by atoms with van der Waals surface area (Å²) >= 11 is 0. The molecule has 0 bridgehead atoms. The van der Waals surface area contributed by atoms with E-state index in [-0.39, 0.29) is 5.91 Å². The number of carbonyl (C=O) groups is 1. The zero-order chi connectivity index (χ0) is 17.1. The van der Waals surface area contributed by atoms with E-state index in [4.69, 9.17) is 0 Å². The number of likely N-dealkylation sites (tertiary alicyclic amines) is 1. The second kappa shape index (κ2) is 7.66. The molecule has 0 N–H and O–H groups in total. The molecular formula is C20H31N3O. The maximum absolute atomic E-state index is 11.6. The van der Waals surface area contributed by atoms with Crippen LogP contribution in [-0.4, -0.2) is 65.9 Å². The van der Waals surface area contributed by atoms with Gasteiger partial charge >= 0.3 is 0 Å². The maximum Gasteiger partial charge on any atom is 0.219 e. The number of nitrogens with zero attached hydrogens (tertiary/aromatic N) is 3. The summed E-state index contributed by atoms with van der Waals surface area (Å²) in [4.78, 5) is 18.9. The van der Waals surface area contributed by atoms with Crippen LogP contribution in [-0.2, 0) is 11.3 Å². The molecule has 0 saturated carbocycles. The van der Waals surface area contributed by atoms with Crippen molar-refractivity contribution in [2.24, 2.45) is 5.92 Å². The molecule has 2 aliphatic rings. The summed E-state index contributed by atoms with van der Waals surface area (Å²) in [6.45, 7) is 13.6. The van der Waals surface area contributed by atoms with Gasteiger partial charge in [0.15, 0.2) is 0 Å². The fraction of sp³-hybridized carbons (Fsp3) is 0.650. The molecule has 132 valence electrons. The van der Waals surface area contributed by atoms with E-state index in [1.807, 2.05) is 4.90 Å². The van der Waals surface area contributed by atoms with Crippen molar-refractivity contribution in [1.82, 2.24) is 14.7 Å². The van der Waals surface area contributed by atoms with Gasteiger partial charge in [-0.05, 0) is 24.8 Å². The molecule has 2 aliphatic heterocycles. The smallest absolute Gasteiger partial charge is 0.219 e. The Balaban J connectivity index is 1.58. The first-order valence-electron chi connectivity index (χ1n) is 9.30. The molecule has 4 heteroatoms. The summed E-state index contributed by atoms with van der Waals surface area (Å²) < 4.78 is 0. The lowest BCUT2D eigenvalue weighted by atomic mass is 10.0. The van der Waals surface area contributed by atoms with E-state index in [1.54, 1.807) is 6.92 Å². The van der Waals surface area contributed by atoms with Crippen molar-refractivity contribution in [3.63, 3.8) is 0 Å². The van der Waals surface area contributed by atoms with Gasteiger partial charge in [0.25, 0.3) is 0 Å². The second-order valence-electron chi connectivity index (χ2n) is 7.62. The summed E-state index contributed by atoms with van der Waals surface area (Å²) in [5.74, 6) is 0.913. The van der Waals surface area contributed by atoms with Crippen molar-refractivity contribution in [1.29, 1.82) is 0 Å². The average molecular weight is 329 g/mol. The largest absolute Gasteiger partial charge is 0.342 e. The van der Waals surface area contributed by atoms with Crippen LogP contribution in [0.2, 0.25) is 0 Å². The normalized spacial score (nSPS) is 26.5. The van der Waals surface area contributed by atoms with E-state index in [0.29, 0.717) is 12.0 Å². The minimum atomic E-state index is 0.220. The van der Waals surface area contributed by atoms with Gasteiger partial charge in [-0.25, -0.2) is 0 Å². The Hall–Kier alpha value is -1.39. The Morgan fingerprint density at radius 2 is 2.00 bits per heavy atom. The van der Waals surface area contributed by atoms with Gasteiger partial charge in [-0.15, -0.1) is 0 Å². The number of carbonyl (C=O) groups excluding carboxylic acids is 1. The molecule has 2 heterocycles. The first kappa shape index (κ1) is 17.4. The molecule has 0 radical (unpaired) electrons. The Labute approximate surface area is 146 Å². The Bertz CT molecular complexity index is 574. The maximum atomic E-state index is 11.6. The summed E-state index contributed by atoms with van der Waals surface area (Å²) in [5, 5.41) is 0. The second-order valence-corrected chi connectivity index (χ2v) is 7.62. The average Bonchev–Trinajstić information content (AvgIpc) is 2.74. The molecule has 2 fully saturated rings. The molecule has 2 atom stereocenters. The topological polar surface area (TPSA) is 26.8 Å². The summed E-state index contributed by atoms with van der Waals surface area (Å²) in [5.41, 5.74) is 2.76. The van der Waals surface area contributed by atoms with Gasteiger partial charge in [0.05, 0.1) is 0 Å². The molecule has 0 unspecified atom stereocenters. The summed E-state index contributed by atoms with van der Waals surface area (Å²) in [7, 11) is 0. The highest BCUT2D eigenvalue weighted by Crippen LogP contribution is 2.24. The van der Waals surface area contributed by atoms with E-state index in [9.17, 15) is 4.79 Å². The highest BCUT2D eigenvalue weighted by Gasteiger charge is 2.34. The molecule has 0 aliphatic carbocycles. The Morgan fingerprint density at radius 3 is 2.75 bits per heavy atom. The monoisotopic (exact) mass is 329 g/mol. The quantitative estimate of drug-likeness (QED) is 0.852. The predicted octanol–water partition coefficient (Wildman–Crippen LogP) is 2.37. The molecule has 1 aromatic carbocycles. The molecule has 3 rings (SSSR count). The SMILES string of the molecule is CC(=O)N1CCCN([C@@H]2CN(Cc3cccc(C)c3)C[C@H]2C)CC1. The van der Waals surface area contributed by atoms with E-state index in [2.05, 4.69) is 47.9 Å². The van der Waals surface area contributed by atoms with Crippen LogP contribution < -0.4 is 0 Å². The van der Waals surface area contributed by atoms with Crippen molar-refractivity contribution in [2.45, 2.75) is 39.8 Å². The Morgan fingerprint density at radius 1 is 1.17 bits per heavy atom. The molecule has 1 amide bonds.